The minimum atomic E-state index is 0.625. The topological polar surface area (TPSA) is 36.9 Å². The number of ether oxygens (including phenoxy) is 4. The molecule has 0 atom stereocenters. The summed E-state index contributed by atoms with van der Waals surface area (Å²) in [6.45, 7) is 3.99. The second-order valence-corrected chi connectivity index (χ2v) is 5.11. The summed E-state index contributed by atoms with van der Waals surface area (Å²) < 4.78 is 21.3. The molecule has 1 aromatic carbocycles. The fraction of sp³-hybridized carbons (Fsp3) is 0.625. The third kappa shape index (κ3) is 9.85. The first kappa shape index (κ1) is 18.4. The van der Waals surface area contributed by atoms with Gasteiger partial charge in [-0.3, -0.25) is 0 Å². The number of hydrogen-bond acceptors (Lipinski definition) is 4. The molecule has 1 aromatic rings. The summed E-state index contributed by atoms with van der Waals surface area (Å²) in [6, 6.07) is 8.14. The standard InChI is InChI=1S/C16H25BrO4/c1-18-10-11-20-13-12-19-8-2-3-9-21-16-6-4-15(14-17)5-7-16/h4-7H,2-3,8-14H2,1H3. The number of rotatable bonds is 13. The van der Waals surface area contributed by atoms with Crippen LogP contribution in [0, 0.1) is 0 Å². The maximum Gasteiger partial charge on any atom is 0.119 e. The Hall–Kier alpha value is -0.620. The normalized spacial score (nSPS) is 10.8. The lowest BCUT2D eigenvalue weighted by Crippen LogP contribution is -2.09. The van der Waals surface area contributed by atoms with Crippen LogP contribution in [-0.4, -0.2) is 46.8 Å². The zero-order valence-electron chi connectivity index (χ0n) is 12.7. The van der Waals surface area contributed by atoms with Crippen molar-refractivity contribution in [3.8, 4) is 5.75 Å². The fourth-order valence-corrected chi connectivity index (χ4v) is 2.01. The Morgan fingerprint density at radius 1 is 0.810 bits per heavy atom. The molecule has 0 aromatic heterocycles. The van der Waals surface area contributed by atoms with Gasteiger partial charge in [-0.2, -0.15) is 0 Å². The third-order valence-electron chi connectivity index (χ3n) is 2.83. The minimum absolute atomic E-state index is 0.625. The first-order chi connectivity index (χ1) is 10.4. The summed E-state index contributed by atoms with van der Waals surface area (Å²) in [5.74, 6) is 0.923. The van der Waals surface area contributed by atoms with Crippen LogP contribution in [0.3, 0.4) is 0 Å². The average molecular weight is 361 g/mol. The van der Waals surface area contributed by atoms with Crippen LogP contribution in [0.2, 0.25) is 0 Å². The Morgan fingerprint density at radius 3 is 2.10 bits per heavy atom. The summed E-state index contributed by atoms with van der Waals surface area (Å²) in [7, 11) is 1.66. The highest BCUT2D eigenvalue weighted by Crippen LogP contribution is 2.14. The number of hydrogen-bond donors (Lipinski definition) is 0. The molecule has 0 radical (unpaired) electrons. The van der Waals surface area contributed by atoms with Crippen LogP contribution in [-0.2, 0) is 19.5 Å². The zero-order chi connectivity index (χ0) is 15.2. The lowest BCUT2D eigenvalue weighted by atomic mass is 10.2. The molecule has 0 N–H and O–H groups in total. The Balaban J connectivity index is 1.88. The van der Waals surface area contributed by atoms with E-state index in [0.29, 0.717) is 26.4 Å². The van der Waals surface area contributed by atoms with Gasteiger partial charge in [-0.1, -0.05) is 28.1 Å². The van der Waals surface area contributed by atoms with Crippen LogP contribution in [0.4, 0.5) is 0 Å². The number of methoxy groups -OCH3 is 1. The van der Waals surface area contributed by atoms with Crippen LogP contribution >= 0.6 is 15.9 Å². The van der Waals surface area contributed by atoms with Crippen molar-refractivity contribution in [2.24, 2.45) is 0 Å². The summed E-state index contributed by atoms with van der Waals surface area (Å²) in [5.41, 5.74) is 1.25. The van der Waals surface area contributed by atoms with E-state index in [2.05, 4.69) is 28.1 Å². The second kappa shape index (κ2) is 13.1. The average Bonchev–Trinajstić information content (AvgIpc) is 2.53. The molecule has 0 aliphatic carbocycles. The lowest BCUT2D eigenvalue weighted by molar-refractivity contribution is 0.0235. The van der Waals surface area contributed by atoms with E-state index in [1.165, 1.54) is 5.56 Å². The largest absolute Gasteiger partial charge is 0.494 e. The van der Waals surface area contributed by atoms with E-state index in [4.69, 9.17) is 18.9 Å². The molecule has 21 heavy (non-hydrogen) atoms. The maximum absolute atomic E-state index is 5.67. The Bertz CT molecular complexity index is 343. The first-order valence-electron chi connectivity index (χ1n) is 7.29. The lowest BCUT2D eigenvalue weighted by Gasteiger charge is -2.07. The van der Waals surface area contributed by atoms with E-state index < -0.39 is 0 Å². The number of benzene rings is 1. The molecule has 0 unspecified atom stereocenters. The van der Waals surface area contributed by atoms with Crippen LogP contribution in [0.1, 0.15) is 18.4 Å². The van der Waals surface area contributed by atoms with Gasteiger partial charge in [0.1, 0.15) is 5.75 Å². The first-order valence-corrected chi connectivity index (χ1v) is 8.41. The molecule has 0 aliphatic heterocycles. The van der Waals surface area contributed by atoms with Crippen molar-refractivity contribution in [3.05, 3.63) is 29.8 Å². The molecule has 4 nitrogen and oxygen atoms in total. The second-order valence-electron chi connectivity index (χ2n) is 4.55. The van der Waals surface area contributed by atoms with Gasteiger partial charge in [-0.15, -0.1) is 0 Å². The van der Waals surface area contributed by atoms with E-state index in [1.54, 1.807) is 7.11 Å². The number of unbranched alkanes of at least 4 members (excludes halogenated alkanes) is 1. The SMILES string of the molecule is COCCOCCOCCCCOc1ccc(CBr)cc1. The molecule has 120 valence electrons. The predicted octanol–water partition coefficient (Wildman–Crippen LogP) is 3.42. The quantitative estimate of drug-likeness (QED) is 0.399. The Morgan fingerprint density at radius 2 is 1.43 bits per heavy atom. The van der Waals surface area contributed by atoms with Gasteiger partial charge in [0.25, 0.3) is 0 Å². The summed E-state index contributed by atoms with van der Waals surface area (Å²) in [5, 5.41) is 0.875. The Kier molecular flexibility index (Phi) is 11.5. The van der Waals surface area contributed by atoms with Gasteiger partial charge >= 0.3 is 0 Å². The number of alkyl halides is 1. The third-order valence-corrected chi connectivity index (χ3v) is 3.48. The monoisotopic (exact) mass is 360 g/mol. The molecule has 0 amide bonds. The molecule has 0 aliphatic rings. The summed E-state index contributed by atoms with van der Waals surface area (Å²) in [4.78, 5) is 0. The van der Waals surface area contributed by atoms with Crippen LogP contribution in [0.5, 0.6) is 5.75 Å². The molecule has 0 spiro atoms. The highest BCUT2D eigenvalue weighted by Gasteiger charge is 1.96. The molecule has 0 bridgehead atoms. The molecule has 0 saturated carbocycles. The molecular weight excluding hydrogens is 336 g/mol. The van der Waals surface area contributed by atoms with Crippen LogP contribution in [0.15, 0.2) is 24.3 Å². The van der Waals surface area contributed by atoms with E-state index >= 15 is 0 Å². The van der Waals surface area contributed by atoms with Crippen molar-refractivity contribution in [3.63, 3.8) is 0 Å². The zero-order valence-corrected chi connectivity index (χ0v) is 14.3. The van der Waals surface area contributed by atoms with E-state index in [9.17, 15) is 0 Å². The molecule has 0 saturated heterocycles. The van der Waals surface area contributed by atoms with Gasteiger partial charge in [0.2, 0.25) is 0 Å². The van der Waals surface area contributed by atoms with Crippen molar-refractivity contribution < 1.29 is 18.9 Å². The molecule has 0 heterocycles. The number of halogens is 1. The van der Waals surface area contributed by atoms with Gasteiger partial charge in [-0.05, 0) is 30.5 Å². The van der Waals surface area contributed by atoms with Gasteiger partial charge in [0.15, 0.2) is 0 Å². The minimum Gasteiger partial charge on any atom is -0.494 e. The highest BCUT2D eigenvalue weighted by atomic mass is 79.9. The molecule has 5 heteroatoms. The van der Waals surface area contributed by atoms with E-state index in [1.807, 2.05) is 12.1 Å². The van der Waals surface area contributed by atoms with Gasteiger partial charge < -0.3 is 18.9 Å². The van der Waals surface area contributed by atoms with Crippen LogP contribution < -0.4 is 4.74 Å². The van der Waals surface area contributed by atoms with Gasteiger partial charge in [-0.25, -0.2) is 0 Å². The van der Waals surface area contributed by atoms with Crippen LogP contribution in [0.25, 0.3) is 0 Å². The fourth-order valence-electron chi connectivity index (χ4n) is 1.64. The smallest absolute Gasteiger partial charge is 0.119 e. The van der Waals surface area contributed by atoms with Crippen molar-refractivity contribution in [1.29, 1.82) is 0 Å². The summed E-state index contributed by atoms with van der Waals surface area (Å²) in [6.07, 6.45) is 1.99. The molecule has 1 rings (SSSR count). The van der Waals surface area contributed by atoms with Crippen molar-refractivity contribution in [2.75, 3.05) is 46.8 Å². The van der Waals surface area contributed by atoms with Gasteiger partial charge in [0.05, 0.1) is 33.0 Å². The van der Waals surface area contributed by atoms with Gasteiger partial charge in [0, 0.05) is 19.0 Å². The summed E-state index contributed by atoms with van der Waals surface area (Å²) >= 11 is 3.42. The van der Waals surface area contributed by atoms with Crippen molar-refractivity contribution in [2.45, 2.75) is 18.2 Å². The predicted molar refractivity (Wildman–Crippen MR) is 87.3 cm³/mol. The van der Waals surface area contributed by atoms with E-state index in [0.717, 1.165) is 37.1 Å². The Labute approximate surface area is 135 Å². The van der Waals surface area contributed by atoms with E-state index in [-0.39, 0.29) is 0 Å². The van der Waals surface area contributed by atoms with Crippen molar-refractivity contribution in [1.82, 2.24) is 0 Å². The molecule has 0 fully saturated rings. The molecular formula is C16H25BrO4. The highest BCUT2D eigenvalue weighted by molar-refractivity contribution is 9.08. The van der Waals surface area contributed by atoms with Crippen molar-refractivity contribution >= 4 is 15.9 Å². The maximum atomic E-state index is 5.67.